The molecule has 0 saturated carbocycles. The largest absolute Gasteiger partial charge is 0.378 e. The maximum absolute atomic E-state index is 13.2. The Morgan fingerprint density at radius 2 is 0.619 bits per heavy atom. The molecule has 3 aromatic carbocycles. The van der Waals surface area contributed by atoms with Gasteiger partial charge in [-0.05, 0) is 114 Å². The van der Waals surface area contributed by atoms with Crippen LogP contribution in [0.15, 0.2) is 243 Å². The molecular formula is C105H104N22O7. The number of benzene rings is 3. The van der Waals surface area contributed by atoms with E-state index in [-0.39, 0.29) is 59.4 Å². The number of ether oxygens (including phenoxy) is 4. The molecule has 17 heterocycles. The Balaban J connectivity index is 0.000000107. The third-order valence-electron chi connectivity index (χ3n) is 27.0. The Labute approximate surface area is 778 Å². The Kier molecular flexibility index (Phi) is 25.7. The van der Waals surface area contributed by atoms with Crippen molar-refractivity contribution in [2.24, 2.45) is 4.99 Å². The van der Waals surface area contributed by atoms with Crippen LogP contribution in [0.4, 0.5) is 22.7 Å². The number of amides is 3. The zero-order valence-electron chi connectivity index (χ0n) is 74.8. The SMILES string of the molecule is C1=C(c2cnc(C3=NC[C@H](c4ccccc4)N3)nc2)c2cc(N3CCOCC3)cnc2C1.O=C(c1ncc(C2=CCc3ncc(N4CCOCC4)cc32)cn1)N1CCCC1c1ccccn1.O=C(c1ncc(C2=CCc3ncc(N4CCOCC4)cc32)cn1)N1CCC[C@@H]1c1ccccc1.O=C(c1ncc(C2=CCc3ncc(N4CCOCC4)cc32)cn1)N1CCC[C@H]1c1ccccc1. The molecule has 0 spiro atoms. The van der Waals surface area contributed by atoms with E-state index in [1.807, 2.05) is 125 Å². The highest BCUT2D eigenvalue weighted by Gasteiger charge is 2.37. The second kappa shape index (κ2) is 40.0. The Morgan fingerprint density at radius 1 is 0.313 bits per heavy atom. The van der Waals surface area contributed by atoms with E-state index in [2.05, 4.69) is 160 Å². The fourth-order valence-corrected chi connectivity index (χ4v) is 19.9. The minimum atomic E-state index is -0.142. The van der Waals surface area contributed by atoms with E-state index >= 15 is 0 Å². The predicted octanol–water partition coefficient (Wildman–Crippen LogP) is 13.2. The van der Waals surface area contributed by atoms with Crippen LogP contribution >= 0.6 is 0 Å². The lowest BCUT2D eigenvalue weighted by Crippen LogP contribution is -2.36. The summed E-state index contributed by atoms with van der Waals surface area (Å²) >= 11 is 0. The monoisotopic (exact) mass is 1780 g/mol. The molecule has 12 aliphatic rings. The lowest BCUT2D eigenvalue weighted by Gasteiger charge is -2.29. The van der Waals surface area contributed by atoms with Crippen molar-refractivity contribution < 1.29 is 33.3 Å². The molecule has 29 nitrogen and oxygen atoms in total. The van der Waals surface area contributed by atoms with Crippen molar-refractivity contribution in [1.29, 1.82) is 0 Å². The molecule has 8 aliphatic heterocycles. The van der Waals surface area contributed by atoms with Gasteiger partial charge in [-0.15, -0.1) is 0 Å². The number of pyridine rings is 5. The molecule has 29 heteroatoms. The van der Waals surface area contributed by atoms with Gasteiger partial charge >= 0.3 is 0 Å². The summed E-state index contributed by atoms with van der Waals surface area (Å²) in [6.45, 7) is 15.9. The first kappa shape index (κ1) is 86.3. The van der Waals surface area contributed by atoms with E-state index in [9.17, 15) is 14.4 Å². The third kappa shape index (κ3) is 18.7. The van der Waals surface area contributed by atoms with Gasteiger partial charge in [-0.2, -0.15) is 0 Å². The van der Waals surface area contributed by atoms with E-state index in [0.717, 1.165) is 301 Å². The molecule has 9 aromatic heterocycles. The van der Waals surface area contributed by atoms with Crippen molar-refractivity contribution >= 4 is 68.6 Å². The van der Waals surface area contributed by atoms with Crippen LogP contribution in [0.1, 0.15) is 190 Å². The van der Waals surface area contributed by atoms with Crippen molar-refractivity contribution in [2.45, 2.75) is 88.4 Å². The molecule has 1 unspecified atom stereocenters. The van der Waals surface area contributed by atoms with Gasteiger partial charge < -0.3 is 58.6 Å². The number of amidine groups is 1. The van der Waals surface area contributed by atoms with Crippen LogP contribution in [0.25, 0.3) is 22.3 Å². The summed E-state index contributed by atoms with van der Waals surface area (Å²) in [5, 5.41) is 3.46. The molecule has 676 valence electrons. The molecule has 1 N–H and O–H groups in total. The number of allylic oxidation sites excluding steroid dienone is 4. The molecule has 4 aliphatic carbocycles. The highest BCUT2D eigenvalue weighted by Crippen LogP contribution is 2.42. The smallest absolute Gasteiger partial charge is 0.292 e. The molecule has 3 amide bonds. The summed E-state index contributed by atoms with van der Waals surface area (Å²) in [6.07, 6.45) is 41.7. The van der Waals surface area contributed by atoms with Gasteiger partial charge in [0, 0.05) is 198 Å². The van der Waals surface area contributed by atoms with Gasteiger partial charge in [-0.1, -0.05) is 121 Å². The van der Waals surface area contributed by atoms with E-state index in [1.54, 1.807) is 43.4 Å². The van der Waals surface area contributed by atoms with Crippen LogP contribution in [0.5, 0.6) is 0 Å². The summed E-state index contributed by atoms with van der Waals surface area (Å²) < 4.78 is 21.9. The summed E-state index contributed by atoms with van der Waals surface area (Å²) in [4.78, 5) is 119. The summed E-state index contributed by atoms with van der Waals surface area (Å²) in [7, 11) is 0. The van der Waals surface area contributed by atoms with Crippen LogP contribution in [-0.2, 0) is 44.6 Å². The van der Waals surface area contributed by atoms with Gasteiger partial charge in [-0.25, -0.2) is 39.9 Å². The molecule has 24 rings (SSSR count). The topological polar surface area (TPSA) is 303 Å². The lowest BCUT2D eigenvalue weighted by molar-refractivity contribution is 0.0714. The van der Waals surface area contributed by atoms with E-state index in [1.165, 1.54) is 22.3 Å². The van der Waals surface area contributed by atoms with Crippen LogP contribution < -0.4 is 24.9 Å². The van der Waals surface area contributed by atoms with Gasteiger partial charge in [0.05, 0.1) is 160 Å². The van der Waals surface area contributed by atoms with Crippen molar-refractivity contribution in [3.8, 4) is 0 Å². The van der Waals surface area contributed by atoms with Crippen molar-refractivity contribution in [3.05, 3.63) is 351 Å². The number of rotatable bonds is 16. The first-order chi connectivity index (χ1) is 66.2. The number of aromatic nitrogens is 13. The zero-order valence-corrected chi connectivity index (χ0v) is 74.8. The number of fused-ring (bicyclic) bond motifs is 4. The number of likely N-dealkylation sites (tertiary alicyclic amines) is 3. The van der Waals surface area contributed by atoms with E-state index in [4.69, 9.17) is 38.9 Å². The predicted molar refractivity (Wildman–Crippen MR) is 510 cm³/mol. The average molecular weight is 1790 g/mol. The molecule has 7 fully saturated rings. The summed E-state index contributed by atoms with van der Waals surface area (Å²) in [5.74, 6) is 1.78. The van der Waals surface area contributed by atoms with Crippen LogP contribution in [-0.4, -0.2) is 234 Å². The van der Waals surface area contributed by atoms with Gasteiger partial charge in [0.1, 0.15) is 0 Å². The quantitative estimate of drug-likeness (QED) is 0.0939. The highest BCUT2D eigenvalue weighted by atomic mass is 16.5. The lowest BCUT2D eigenvalue weighted by atomic mass is 10.0. The van der Waals surface area contributed by atoms with Gasteiger partial charge in [0.2, 0.25) is 17.5 Å². The maximum atomic E-state index is 13.2. The number of hydrogen-bond acceptors (Lipinski definition) is 26. The number of morpholine rings is 4. The first-order valence-electron chi connectivity index (χ1n) is 46.9. The zero-order chi connectivity index (χ0) is 90.1. The second-order valence-electron chi connectivity index (χ2n) is 35.0. The second-order valence-corrected chi connectivity index (χ2v) is 35.0. The number of anilines is 4. The Bertz CT molecular complexity index is 5930. The Hall–Kier alpha value is -14.4. The van der Waals surface area contributed by atoms with Crippen molar-refractivity contribution in [1.82, 2.24) is 84.8 Å². The fraction of sp³-hybridized carbons (Fsp3) is 0.324. The molecular weight excluding hydrogens is 1680 g/mol. The van der Waals surface area contributed by atoms with E-state index < -0.39 is 0 Å². The summed E-state index contributed by atoms with van der Waals surface area (Å²) in [5.41, 5.74) is 25.9. The third-order valence-corrected chi connectivity index (χ3v) is 27.0. The number of nitrogens with one attached hydrogen (secondary N) is 1. The number of nitrogens with zero attached hydrogens (tertiary/aromatic N) is 21. The number of carbonyl (C=O) groups is 3. The standard InChI is InChI=1S/2C27H27N5O2.C26H26N6O2.C25H24N6O/c2*33-27(32-10-4-7-25(32)19-5-2-1-3-6-19)26-29-16-20(17-30-26)22-8-9-24-23(22)15-21(18-28-24)31-11-13-34-14-12-31;33-26(32-9-3-5-24(32)23-4-1-2-8-27-23)25-29-15-18(16-30-25)20-6-7-22-21(20)14-19(17-28-22)31-10-12-34-13-11-31;1-2-4-17(5-3-1)23-16-29-25(30-23)24-27-13-18(14-28-24)20-6-7-22-21(20)12-19(15-26-22)31-8-10-32-11-9-31/h2*1-3,5-6,8,15-18,25H,4,7,9-14H2;1-2,4,6,8,14-17,24H,3,5,7,9-13H2;1-6,12-15,23H,7-11,16H2,(H,29,30)/t2*25-;;23-/m10.1/s1. The normalized spacial score (nSPS) is 19.8. The fourth-order valence-electron chi connectivity index (χ4n) is 19.9. The van der Waals surface area contributed by atoms with Crippen molar-refractivity contribution in [2.75, 3.05) is 151 Å². The van der Waals surface area contributed by atoms with Gasteiger partial charge in [-0.3, -0.25) is 44.3 Å². The van der Waals surface area contributed by atoms with Crippen molar-refractivity contribution in [3.63, 3.8) is 0 Å². The Morgan fingerprint density at radius 3 is 0.948 bits per heavy atom. The van der Waals surface area contributed by atoms with Crippen LogP contribution in [0.2, 0.25) is 0 Å². The highest BCUT2D eigenvalue weighted by molar-refractivity contribution is 5.98. The number of hydrogen-bond donors (Lipinski definition) is 1. The molecule has 0 bridgehead atoms. The van der Waals surface area contributed by atoms with Crippen LogP contribution in [0, 0.1) is 0 Å². The number of carbonyl (C=O) groups excluding carboxylic acids is 3. The molecule has 134 heavy (non-hydrogen) atoms. The van der Waals surface area contributed by atoms with Crippen LogP contribution in [0.3, 0.4) is 0 Å². The maximum Gasteiger partial charge on any atom is 0.292 e. The van der Waals surface area contributed by atoms with Gasteiger partial charge in [0.25, 0.3) is 17.7 Å². The first-order valence-corrected chi connectivity index (χ1v) is 46.9. The minimum absolute atomic E-state index is 0.0222. The van der Waals surface area contributed by atoms with E-state index in [0.29, 0.717) is 18.9 Å². The molecule has 4 atom stereocenters. The average Bonchev–Trinajstić information content (AvgIpc) is 1.61. The van der Waals surface area contributed by atoms with Gasteiger partial charge in [0.15, 0.2) is 11.7 Å². The molecule has 0 radical (unpaired) electrons. The molecule has 12 aromatic rings. The minimum Gasteiger partial charge on any atom is -0.378 e. The molecule has 7 saturated heterocycles. The summed E-state index contributed by atoms with van der Waals surface area (Å²) in [6, 6.07) is 45.8. The number of aliphatic imine (C=N–C) groups is 1.